The molecule has 1 N–H and O–H groups in total. The van der Waals surface area contributed by atoms with Gasteiger partial charge < -0.3 is 10.1 Å². The fourth-order valence-electron chi connectivity index (χ4n) is 1.44. The van der Waals surface area contributed by atoms with Gasteiger partial charge in [0.1, 0.15) is 5.03 Å². The van der Waals surface area contributed by atoms with Gasteiger partial charge in [-0.2, -0.15) is 0 Å². The van der Waals surface area contributed by atoms with Crippen molar-refractivity contribution in [3.63, 3.8) is 0 Å². The van der Waals surface area contributed by atoms with Crippen LogP contribution in [0.4, 0.5) is 0 Å². The fourth-order valence-corrected chi connectivity index (χ4v) is 2.58. The zero-order valence-corrected chi connectivity index (χ0v) is 12.6. The van der Waals surface area contributed by atoms with Crippen molar-refractivity contribution in [1.29, 1.82) is 0 Å². The van der Waals surface area contributed by atoms with Crippen LogP contribution in [0.2, 0.25) is 5.02 Å². The second-order valence-electron chi connectivity index (χ2n) is 3.97. The Morgan fingerprint density at radius 3 is 3.11 bits per heavy atom. The number of nitrogens with zero attached hydrogens (tertiary/aromatic N) is 1. The number of nitrogens with one attached hydrogen (secondary N) is 1. The van der Waals surface area contributed by atoms with Crippen molar-refractivity contribution in [2.45, 2.75) is 30.5 Å². The van der Waals surface area contributed by atoms with E-state index in [-0.39, 0.29) is 0 Å². The molecule has 18 heavy (non-hydrogen) atoms. The first-order valence-electron chi connectivity index (χ1n) is 6.29. The highest BCUT2D eigenvalue weighted by atomic mass is 35.5. The number of thioether (sulfide) groups is 1. The summed E-state index contributed by atoms with van der Waals surface area (Å²) >= 11 is 7.77. The Kier molecular flexibility index (Phi) is 8.42. The van der Waals surface area contributed by atoms with Crippen LogP contribution in [-0.2, 0) is 4.74 Å². The van der Waals surface area contributed by atoms with Crippen LogP contribution in [-0.4, -0.2) is 36.5 Å². The Labute approximate surface area is 119 Å². The highest BCUT2D eigenvalue weighted by Crippen LogP contribution is 2.27. The first-order chi connectivity index (χ1) is 8.74. The van der Waals surface area contributed by atoms with E-state index in [4.69, 9.17) is 16.3 Å². The van der Waals surface area contributed by atoms with Crippen molar-refractivity contribution in [2.24, 2.45) is 0 Å². The van der Waals surface area contributed by atoms with Crippen LogP contribution in [0.5, 0.6) is 0 Å². The molecule has 102 valence electrons. The predicted octanol–water partition coefficient (Wildman–Crippen LogP) is 3.23. The molecule has 1 atom stereocenters. The second-order valence-corrected chi connectivity index (χ2v) is 5.81. The highest BCUT2D eigenvalue weighted by molar-refractivity contribution is 8.00. The molecule has 1 aromatic rings. The lowest BCUT2D eigenvalue weighted by Gasteiger charge is -2.12. The van der Waals surface area contributed by atoms with Crippen LogP contribution >= 0.6 is 23.4 Å². The molecule has 0 aromatic carbocycles. The molecule has 1 heterocycles. The van der Waals surface area contributed by atoms with Crippen LogP contribution in [0, 0.1) is 0 Å². The summed E-state index contributed by atoms with van der Waals surface area (Å²) in [5, 5.41) is 5.49. The maximum atomic E-state index is 6.07. The zero-order valence-electron chi connectivity index (χ0n) is 11.0. The van der Waals surface area contributed by atoms with Crippen LogP contribution < -0.4 is 5.32 Å². The Hall–Kier alpha value is -0.290. The van der Waals surface area contributed by atoms with Crippen molar-refractivity contribution in [3.05, 3.63) is 23.4 Å². The lowest BCUT2D eigenvalue weighted by molar-refractivity contribution is 0.145. The van der Waals surface area contributed by atoms with Gasteiger partial charge in [-0.25, -0.2) is 4.98 Å². The molecule has 1 rings (SSSR count). The summed E-state index contributed by atoms with van der Waals surface area (Å²) in [6.45, 7) is 7.75. The summed E-state index contributed by atoms with van der Waals surface area (Å²) in [6.07, 6.45) is 2.83. The van der Waals surface area contributed by atoms with Gasteiger partial charge in [-0.05, 0) is 32.0 Å². The van der Waals surface area contributed by atoms with Gasteiger partial charge >= 0.3 is 0 Å². The molecule has 0 aliphatic heterocycles. The largest absolute Gasteiger partial charge is 0.382 e. The molecule has 0 spiro atoms. The summed E-state index contributed by atoms with van der Waals surface area (Å²) in [4.78, 5) is 4.27. The minimum Gasteiger partial charge on any atom is -0.382 e. The van der Waals surface area contributed by atoms with Gasteiger partial charge in [0.2, 0.25) is 0 Å². The number of aromatic nitrogens is 1. The molecular weight excluding hydrogens is 268 g/mol. The van der Waals surface area contributed by atoms with Gasteiger partial charge in [0.15, 0.2) is 0 Å². The molecule has 3 nitrogen and oxygen atoms in total. The normalized spacial score (nSPS) is 12.6. The average Bonchev–Trinajstić information content (AvgIpc) is 2.36. The van der Waals surface area contributed by atoms with E-state index in [9.17, 15) is 0 Å². The minimum absolute atomic E-state index is 0.449. The SMILES string of the molecule is CCOCCCNCC(C)Sc1ncccc1Cl. The number of pyridine rings is 1. The lowest BCUT2D eigenvalue weighted by Crippen LogP contribution is -2.24. The van der Waals surface area contributed by atoms with Crippen LogP contribution in [0.25, 0.3) is 0 Å². The number of ether oxygens (including phenoxy) is 1. The molecule has 1 aromatic heterocycles. The van der Waals surface area contributed by atoms with Crippen molar-refractivity contribution >= 4 is 23.4 Å². The monoisotopic (exact) mass is 288 g/mol. The van der Waals surface area contributed by atoms with E-state index >= 15 is 0 Å². The van der Waals surface area contributed by atoms with E-state index in [1.165, 1.54) is 0 Å². The number of halogens is 1. The maximum absolute atomic E-state index is 6.07. The van der Waals surface area contributed by atoms with E-state index in [0.29, 0.717) is 5.25 Å². The highest BCUT2D eigenvalue weighted by Gasteiger charge is 2.07. The standard InChI is InChI=1S/C13H21ClN2OS/c1-3-17-9-5-7-15-10-11(2)18-13-12(14)6-4-8-16-13/h4,6,8,11,15H,3,5,7,9-10H2,1-2H3. The van der Waals surface area contributed by atoms with Gasteiger partial charge in [-0.15, -0.1) is 11.8 Å². The Morgan fingerprint density at radius 1 is 1.56 bits per heavy atom. The second kappa shape index (κ2) is 9.62. The van der Waals surface area contributed by atoms with E-state index in [1.54, 1.807) is 18.0 Å². The first-order valence-corrected chi connectivity index (χ1v) is 7.55. The summed E-state index contributed by atoms with van der Waals surface area (Å²) in [7, 11) is 0. The van der Waals surface area contributed by atoms with Gasteiger partial charge in [0.25, 0.3) is 0 Å². The number of hydrogen-bond acceptors (Lipinski definition) is 4. The molecule has 0 radical (unpaired) electrons. The minimum atomic E-state index is 0.449. The summed E-state index contributed by atoms with van der Waals surface area (Å²) < 4.78 is 5.28. The molecule has 0 bridgehead atoms. The smallest absolute Gasteiger partial charge is 0.115 e. The molecule has 0 amide bonds. The van der Waals surface area contributed by atoms with Gasteiger partial charge in [0, 0.05) is 31.2 Å². The average molecular weight is 289 g/mol. The zero-order chi connectivity index (χ0) is 13.2. The molecule has 0 fully saturated rings. The van der Waals surface area contributed by atoms with Crippen molar-refractivity contribution in [1.82, 2.24) is 10.3 Å². The molecule has 0 aliphatic carbocycles. The van der Waals surface area contributed by atoms with Gasteiger partial charge in [-0.3, -0.25) is 0 Å². The summed E-state index contributed by atoms with van der Waals surface area (Å²) in [5.41, 5.74) is 0. The van der Waals surface area contributed by atoms with Crippen molar-refractivity contribution < 1.29 is 4.74 Å². The Balaban J connectivity index is 2.14. The molecule has 5 heteroatoms. The molecule has 0 saturated heterocycles. The third-order valence-electron chi connectivity index (χ3n) is 2.32. The first kappa shape index (κ1) is 15.8. The van der Waals surface area contributed by atoms with Crippen LogP contribution in [0.1, 0.15) is 20.3 Å². The van der Waals surface area contributed by atoms with E-state index in [2.05, 4.69) is 17.2 Å². The molecule has 0 saturated carbocycles. The summed E-state index contributed by atoms with van der Waals surface area (Å²) in [5.74, 6) is 0. The van der Waals surface area contributed by atoms with Crippen molar-refractivity contribution in [2.75, 3.05) is 26.3 Å². The third kappa shape index (κ3) is 6.59. The van der Waals surface area contributed by atoms with E-state index in [1.807, 2.05) is 19.1 Å². The molecular formula is C13H21ClN2OS. The fraction of sp³-hybridized carbons (Fsp3) is 0.615. The third-order valence-corrected chi connectivity index (χ3v) is 3.85. The molecule has 1 unspecified atom stereocenters. The maximum Gasteiger partial charge on any atom is 0.115 e. The van der Waals surface area contributed by atoms with E-state index in [0.717, 1.165) is 42.8 Å². The number of rotatable bonds is 9. The lowest BCUT2D eigenvalue weighted by atomic mass is 10.4. The molecule has 0 aliphatic rings. The predicted molar refractivity (Wildman–Crippen MR) is 78.5 cm³/mol. The van der Waals surface area contributed by atoms with Crippen LogP contribution in [0.15, 0.2) is 23.4 Å². The van der Waals surface area contributed by atoms with Gasteiger partial charge in [-0.1, -0.05) is 18.5 Å². The Bertz CT molecular complexity index is 339. The number of hydrogen-bond donors (Lipinski definition) is 1. The van der Waals surface area contributed by atoms with Gasteiger partial charge in [0.05, 0.1) is 5.02 Å². The van der Waals surface area contributed by atoms with Crippen LogP contribution in [0.3, 0.4) is 0 Å². The quantitative estimate of drug-likeness (QED) is 0.559. The topological polar surface area (TPSA) is 34.1 Å². The summed E-state index contributed by atoms with van der Waals surface area (Å²) in [6, 6.07) is 3.72. The van der Waals surface area contributed by atoms with E-state index < -0.39 is 0 Å². The van der Waals surface area contributed by atoms with Crippen molar-refractivity contribution in [3.8, 4) is 0 Å². The Morgan fingerprint density at radius 2 is 2.39 bits per heavy atom.